The van der Waals surface area contributed by atoms with Gasteiger partial charge in [-0.3, -0.25) is 5.32 Å². The molecule has 0 heterocycles. The molecule has 0 spiro atoms. The number of carbonyl (C=O) groups is 4. The van der Waals surface area contributed by atoms with Gasteiger partial charge < -0.3 is 24.8 Å². The van der Waals surface area contributed by atoms with Gasteiger partial charge in [-0.15, -0.1) is 0 Å². The van der Waals surface area contributed by atoms with Crippen molar-refractivity contribution in [3.63, 3.8) is 0 Å². The molecule has 0 aromatic heterocycles. The second kappa shape index (κ2) is 12.6. The molecular weight excluding hydrogens is 502 g/mol. The van der Waals surface area contributed by atoms with Gasteiger partial charge in [-0.2, -0.15) is 0 Å². The van der Waals surface area contributed by atoms with E-state index < -0.39 is 35.3 Å². The van der Waals surface area contributed by atoms with Crippen LogP contribution < -0.4 is 15.5 Å². The Morgan fingerprint density at radius 2 is 1.51 bits per heavy atom. The number of nitrogens with one attached hydrogen (secondary N) is 2. The molecular formula is C29H37N3O7. The van der Waals surface area contributed by atoms with Crippen molar-refractivity contribution >= 4 is 35.5 Å². The van der Waals surface area contributed by atoms with Crippen LogP contribution in [0.4, 0.5) is 21.0 Å². The Hall–Kier alpha value is -4.08. The van der Waals surface area contributed by atoms with Crippen LogP contribution in [-0.2, 0) is 14.3 Å². The molecule has 2 aromatic carbocycles. The molecule has 0 saturated heterocycles. The van der Waals surface area contributed by atoms with Crippen LogP contribution in [0.2, 0.25) is 0 Å². The molecule has 1 aliphatic carbocycles. The summed E-state index contributed by atoms with van der Waals surface area (Å²) in [6, 6.07) is 15.0. The minimum absolute atomic E-state index is 0.0391. The van der Waals surface area contributed by atoms with E-state index in [1.807, 2.05) is 4.90 Å². The van der Waals surface area contributed by atoms with E-state index in [4.69, 9.17) is 9.47 Å². The quantitative estimate of drug-likeness (QED) is 0.292. The molecule has 2 aromatic rings. The van der Waals surface area contributed by atoms with Crippen LogP contribution in [0.25, 0.3) is 0 Å². The third kappa shape index (κ3) is 8.46. The summed E-state index contributed by atoms with van der Waals surface area (Å²) < 4.78 is 10.3. The number of alkyl carbamates (subject to hydrolysis) is 1. The highest BCUT2D eigenvalue weighted by molar-refractivity contribution is 5.97. The van der Waals surface area contributed by atoms with E-state index in [1.54, 1.807) is 63.2 Å². The van der Waals surface area contributed by atoms with Crippen LogP contribution in [0, 0.1) is 0 Å². The number of benzene rings is 2. The zero-order valence-corrected chi connectivity index (χ0v) is 22.9. The Labute approximate surface area is 228 Å². The van der Waals surface area contributed by atoms with Gasteiger partial charge >= 0.3 is 24.1 Å². The third-order valence-electron chi connectivity index (χ3n) is 6.40. The number of ether oxygens (including phenoxy) is 2. The van der Waals surface area contributed by atoms with Gasteiger partial charge in [0.1, 0.15) is 5.60 Å². The van der Waals surface area contributed by atoms with Gasteiger partial charge in [-0.05, 0) is 64.8 Å². The minimum atomic E-state index is -1.83. The number of carboxylic acids is 1. The summed E-state index contributed by atoms with van der Waals surface area (Å²) in [4.78, 5) is 52.0. The number of carbonyl (C=O) groups excluding carboxylic acids is 3. The van der Waals surface area contributed by atoms with Crippen LogP contribution in [0.1, 0.15) is 70.2 Å². The predicted molar refractivity (Wildman–Crippen MR) is 147 cm³/mol. The molecule has 0 aliphatic heterocycles. The van der Waals surface area contributed by atoms with Gasteiger partial charge in [0.05, 0.1) is 23.5 Å². The number of anilines is 2. The van der Waals surface area contributed by atoms with Gasteiger partial charge in [0.2, 0.25) is 0 Å². The molecule has 10 heteroatoms. The Bertz CT molecular complexity index is 1170. The van der Waals surface area contributed by atoms with Gasteiger partial charge in [0, 0.05) is 6.04 Å². The van der Waals surface area contributed by atoms with Crippen molar-refractivity contribution in [3.05, 3.63) is 60.2 Å². The van der Waals surface area contributed by atoms with E-state index >= 15 is 0 Å². The maximum atomic E-state index is 12.7. The SMILES string of the molecule is CC(C)(C)OC(=O)Nc1ccccc1N(C[C@@](C)(NC(=O)OC(=O)c1ccccc1)C(=O)O)C1CCCCC1. The number of amides is 2. The lowest BCUT2D eigenvalue weighted by molar-refractivity contribution is -0.143. The lowest BCUT2D eigenvalue weighted by Crippen LogP contribution is -2.60. The molecule has 3 rings (SSSR count). The monoisotopic (exact) mass is 539 g/mol. The highest BCUT2D eigenvalue weighted by Gasteiger charge is 2.40. The molecule has 1 fully saturated rings. The van der Waals surface area contributed by atoms with Crippen molar-refractivity contribution in [1.29, 1.82) is 0 Å². The van der Waals surface area contributed by atoms with E-state index in [1.165, 1.54) is 19.1 Å². The molecule has 39 heavy (non-hydrogen) atoms. The summed E-state index contributed by atoms with van der Waals surface area (Å²) in [5, 5.41) is 15.4. The number of hydrogen-bond acceptors (Lipinski definition) is 7. The highest BCUT2D eigenvalue weighted by atomic mass is 16.6. The average Bonchev–Trinajstić information content (AvgIpc) is 2.87. The summed E-state index contributed by atoms with van der Waals surface area (Å²) in [6.07, 6.45) is 2.82. The molecule has 0 unspecified atom stereocenters. The first-order valence-corrected chi connectivity index (χ1v) is 13.1. The Balaban J connectivity index is 1.88. The van der Waals surface area contributed by atoms with Crippen molar-refractivity contribution in [2.45, 2.75) is 77.0 Å². The Morgan fingerprint density at radius 3 is 2.13 bits per heavy atom. The van der Waals surface area contributed by atoms with Crippen LogP contribution >= 0.6 is 0 Å². The normalized spacial score (nSPS) is 15.4. The molecule has 0 bridgehead atoms. The van der Waals surface area contributed by atoms with Crippen LogP contribution in [-0.4, -0.2) is 53.0 Å². The summed E-state index contributed by atoms with van der Waals surface area (Å²) >= 11 is 0. The first-order chi connectivity index (χ1) is 18.4. The third-order valence-corrected chi connectivity index (χ3v) is 6.40. The van der Waals surface area contributed by atoms with Gasteiger partial charge in [0.25, 0.3) is 0 Å². The molecule has 10 nitrogen and oxygen atoms in total. The van der Waals surface area contributed by atoms with E-state index in [2.05, 4.69) is 10.6 Å². The molecule has 1 atom stereocenters. The largest absolute Gasteiger partial charge is 0.479 e. The topological polar surface area (TPSA) is 134 Å². The van der Waals surface area contributed by atoms with E-state index in [-0.39, 0.29) is 18.2 Å². The number of hydrogen-bond donors (Lipinski definition) is 3. The fourth-order valence-corrected chi connectivity index (χ4v) is 4.52. The fraction of sp³-hybridized carbons (Fsp3) is 0.448. The lowest BCUT2D eigenvalue weighted by Gasteiger charge is -2.41. The Morgan fingerprint density at radius 1 is 0.897 bits per heavy atom. The molecule has 0 radical (unpaired) electrons. The molecule has 1 aliphatic rings. The number of rotatable bonds is 8. The standard InChI is InChI=1S/C29H37N3O7/c1-28(2,3)39-26(36)30-22-17-11-12-18-23(22)32(21-15-9-6-10-16-21)19-29(4,25(34)35)31-27(37)38-24(33)20-13-7-5-8-14-20/h5,7-8,11-14,17-18,21H,6,9-10,15-16,19H2,1-4H3,(H,30,36)(H,31,37)(H,34,35)/t29-/m1/s1. The minimum Gasteiger partial charge on any atom is -0.479 e. The fourth-order valence-electron chi connectivity index (χ4n) is 4.52. The zero-order valence-electron chi connectivity index (χ0n) is 22.9. The van der Waals surface area contributed by atoms with Gasteiger partial charge in [0.15, 0.2) is 5.54 Å². The summed E-state index contributed by atoms with van der Waals surface area (Å²) in [5.74, 6) is -2.19. The van der Waals surface area contributed by atoms with E-state index in [9.17, 15) is 24.3 Å². The van der Waals surface area contributed by atoms with Crippen molar-refractivity contribution in [2.24, 2.45) is 0 Å². The van der Waals surface area contributed by atoms with Crippen molar-refractivity contribution in [1.82, 2.24) is 5.32 Å². The average molecular weight is 540 g/mol. The second-order valence-corrected chi connectivity index (χ2v) is 10.9. The molecule has 1 saturated carbocycles. The van der Waals surface area contributed by atoms with Gasteiger partial charge in [-0.1, -0.05) is 49.6 Å². The molecule has 210 valence electrons. The van der Waals surface area contributed by atoms with Crippen LogP contribution in [0.5, 0.6) is 0 Å². The number of para-hydroxylation sites is 2. The smallest absolute Gasteiger partial charge is 0.416 e. The maximum absolute atomic E-state index is 12.7. The first kappa shape index (κ1) is 29.5. The number of aliphatic carboxylic acids is 1. The predicted octanol–water partition coefficient (Wildman–Crippen LogP) is 5.58. The van der Waals surface area contributed by atoms with Gasteiger partial charge in [-0.25, -0.2) is 19.2 Å². The highest BCUT2D eigenvalue weighted by Crippen LogP contribution is 2.34. The van der Waals surface area contributed by atoms with Crippen molar-refractivity contribution in [3.8, 4) is 0 Å². The van der Waals surface area contributed by atoms with Crippen LogP contribution in [0.15, 0.2) is 54.6 Å². The maximum Gasteiger partial charge on any atom is 0.416 e. The molecule has 3 N–H and O–H groups in total. The number of nitrogens with zero attached hydrogens (tertiary/aromatic N) is 1. The zero-order chi connectivity index (χ0) is 28.6. The van der Waals surface area contributed by atoms with Crippen molar-refractivity contribution in [2.75, 3.05) is 16.8 Å². The molecule has 2 amide bonds. The number of carboxylic acid groups (broad SMARTS) is 1. The summed E-state index contributed by atoms with van der Waals surface area (Å²) in [5.41, 5.74) is -1.32. The number of esters is 1. The second-order valence-electron chi connectivity index (χ2n) is 10.9. The summed E-state index contributed by atoms with van der Waals surface area (Å²) in [7, 11) is 0. The lowest BCUT2D eigenvalue weighted by atomic mass is 9.91. The van der Waals surface area contributed by atoms with Crippen LogP contribution in [0.3, 0.4) is 0 Å². The van der Waals surface area contributed by atoms with E-state index in [0.717, 1.165) is 32.1 Å². The van der Waals surface area contributed by atoms with Crippen molar-refractivity contribution < 1.29 is 33.8 Å². The Kier molecular flexibility index (Phi) is 9.56. The van der Waals surface area contributed by atoms with E-state index in [0.29, 0.717) is 11.4 Å². The first-order valence-electron chi connectivity index (χ1n) is 13.1. The summed E-state index contributed by atoms with van der Waals surface area (Å²) in [6.45, 7) is 6.51.